The van der Waals surface area contributed by atoms with Crippen molar-refractivity contribution in [2.45, 2.75) is 33.1 Å². The Balaban J connectivity index is 3.93. The highest BCUT2D eigenvalue weighted by atomic mass is 15.1. The first-order valence-corrected chi connectivity index (χ1v) is 4.77. The fraction of sp³-hybridized carbons (Fsp3) is 0.636. The van der Waals surface area contributed by atoms with Crippen LogP contribution in [0.25, 0.3) is 0 Å². The van der Waals surface area contributed by atoms with Gasteiger partial charge in [0, 0.05) is 19.3 Å². The molecule has 0 bridgehead atoms. The van der Waals surface area contributed by atoms with Crippen molar-refractivity contribution in [1.82, 2.24) is 4.90 Å². The van der Waals surface area contributed by atoms with E-state index in [4.69, 9.17) is 0 Å². The molecule has 1 nitrogen and oxygen atoms in total. The second kappa shape index (κ2) is 6.96. The van der Waals surface area contributed by atoms with Gasteiger partial charge in [-0.25, -0.2) is 0 Å². The lowest BCUT2D eigenvalue weighted by Gasteiger charge is -2.19. The zero-order valence-electron chi connectivity index (χ0n) is 8.64. The minimum Gasteiger partial charge on any atom is -0.378 e. The van der Waals surface area contributed by atoms with Crippen LogP contribution in [0.4, 0.5) is 0 Å². The SMILES string of the molecule is C=CCCC=C(CC)N(C)CC. The van der Waals surface area contributed by atoms with E-state index in [-0.39, 0.29) is 0 Å². The summed E-state index contributed by atoms with van der Waals surface area (Å²) in [5.41, 5.74) is 1.44. The molecule has 12 heavy (non-hydrogen) atoms. The van der Waals surface area contributed by atoms with Crippen LogP contribution in [0.3, 0.4) is 0 Å². The maximum atomic E-state index is 3.71. The summed E-state index contributed by atoms with van der Waals surface area (Å²) in [5.74, 6) is 0. The van der Waals surface area contributed by atoms with E-state index < -0.39 is 0 Å². The normalized spacial score (nSPS) is 11.4. The molecule has 0 aromatic carbocycles. The zero-order chi connectivity index (χ0) is 9.40. The highest BCUT2D eigenvalue weighted by Gasteiger charge is 1.97. The van der Waals surface area contributed by atoms with Gasteiger partial charge >= 0.3 is 0 Å². The fourth-order valence-electron chi connectivity index (χ4n) is 1.14. The summed E-state index contributed by atoms with van der Waals surface area (Å²) >= 11 is 0. The minimum absolute atomic E-state index is 1.08. The molecule has 0 rings (SSSR count). The Labute approximate surface area is 76.8 Å². The van der Waals surface area contributed by atoms with Crippen LogP contribution in [-0.4, -0.2) is 18.5 Å². The third-order valence-electron chi connectivity index (χ3n) is 2.08. The second-order valence-corrected chi connectivity index (χ2v) is 2.93. The van der Waals surface area contributed by atoms with Crippen molar-refractivity contribution >= 4 is 0 Å². The molecule has 0 saturated carbocycles. The van der Waals surface area contributed by atoms with E-state index in [9.17, 15) is 0 Å². The monoisotopic (exact) mass is 167 g/mol. The van der Waals surface area contributed by atoms with Crippen LogP contribution in [0.15, 0.2) is 24.4 Å². The molecule has 0 aliphatic rings. The molecule has 0 aliphatic carbocycles. The predicted octanol–water partition coefficient (Wildman–Crippen LogP) is 3.20. The molecule has 0 atom stereocenters. The highest BCUT2D eigenvalue weighted by molar-refractivity contribution is 4.99. The lowest BCUT2D eigenvalue weighted by atomic mass is 10.2. The Kier molecular flexibility index (Phi) is 6.54. The molecule has 0 unspecified atom stereocenters. The summed E-state index contributed by atoms with van der Waals surface area (Å²) in [6.45, 7) is 9.17. The Morgan fingerprint density at radius 1 is 1.33 bits per heavy atom. The van der Waals surface area contributed by atoms with Crippen molar-refractivity contribution in [3.05, 3.63) is 24.4 Å². The molecule has 0 aromatic heterocycles. The third kappa shape index (κ3) is 4.22. The maximum Gasteiger partial charge on any atom is 0.0143 e. The molecule has 0 spiro atoms. The Bertz CT molecular complexity index is 147. The van der Waals surface area contributed by atoms with Crippen LogP contribution >= 0.6 is 0 Å². The van der Waals surface area contributed by atoms with E-state index in [0.717, 1.165) is 25.8 Å². The summed E-state index contributed by atoms with van der Waals surface area (Å²) < 4.78 is 0. The van der Waals surface area contributed by atoms with Crippen molar-refractivity contribution in [2.75, 3.05) is 13.6 Å². The van der Waals surface area contributed by atoms with E-state index in [1.165, 1.54) is 5.70 Å². The van der Waals surface area contributed by atoms with Crippen LogP contribution in [0.5, 0.6) is 0 Å². The summed E-state index contributed by atoms with van der Waals surface area (Å²) in [5, 5.41) is 0. The van der Waals surface area contributed by atoms with Crippen molar-refractivity contribution in [2.24, 2.45) is 0 Å². The van der Waals surface area contributed by atoms with Gasteiger partial charge in [0.25, 0.3) is 0 Å². The molecule has 0 fully saturated rings. The van der Waals surface area contributed by atoms with E-state index >= 15 is 0 Å². The lowest BCUT2D eigenvalue weighted by Crippen LogP contribution is -2.16. The summed E-state index contributed by atoms with van der Waals surface area (Å²) in [4.78, 5) is 2.29. The Morgan fingerprint density at radius 3 is 2.42 bits per heavy atom. The summed E-state index contributed by atoms with van der Waals surface area (Å²) in [7, 11) is 2.14. The van der Waals surface area contributed by atoms with Crippen molar-refractivity contribution in [1.29, 1.82) is 0 Å². The van der Waals surface area contributed by atoms with Gasteiger partial charge in [-0.1, -0.05) is 19.1 Å². The standard InChI is InChI=1S/C11H21N/c1-5-8-9-10-11(6-2)12(4)7-3/h5,10H,1,6-9H2,2-4H3. The molecule has 0 amide bonds. The second-order valence-electron chi connectivity index (χ2n) is 2.93. The Hall–Kier alpha value is -0.720. The topological polar surface area (TPSA) is 3.24 Å². The van der Waals surface area contributed by atoms with Crippen LogP contribution in [0.2, 0.25) is 0 Å². The molecule has 0 N–H and O–H groups in total. The predicted molar refractivity (Wildman–Crippen MR) is 56.1 cm³/mol. The van der Waals surface area contributed by atoms with Gasteiger partial charge in [0.2, 0.25) is 0 Å². The van der Waals surface area contributed by atoms with Crippen LogP contribution in [-0.2, 0) is 0 Å². The van der Waals surface area contributed by atoms with Crippen molar-refractivity contribution < 1.29 is 0 Å². The molecule has 70 valence electrons. The first kappa shape index (κ1) is 11.3. The molecule has 1 heteroatoms. The fourth-order valence-corrected chi connectivity index (χ4v) is 1.14. The molecule has 0 saturated heterocycles. The van der Waals surface area contributed by atoms with Crippen LogP contribution in [0, 0.1) is 0 Å². The average molecular weight is 167 g/mol. The quantitative estimate of drug-likeness (QED) is 0.434. The summed E-state index contributed by atoms with van der Waals surface area (Å²) in [6.07, 6.45) is 7.61. The largest absolute Gasteiger partial charge is 0.378 e. The van der Waals surface area contributed by atoms with Gasteiger partial charge in [0.05, 0.1) is 0 Å². The van der Waals surface area contributed by atoms with Gasteiger partial charge in [-0.2, -0.15) is 0 Å². The average Bonchev–Trinajstić information content (AvgIpc) is 2.11. The summed E-state index contributed by atoms with van der Waals surface area (Å²) in [6, 6.07) is 0. The number of nitrogens with zero attached hydrogens (tertiary/aromatic N) is 1. The first-order valence-electron chi connectivity index (χ1n) is 4.77. The van der Waals surface area contributed by atoms with Gasteiger partial charge in [-0.15, -0.1) is 6.58 Å². The van der Waals surface area contributed by atoms with E-state index in [2.05, 4.69) is 38.5 Å². The molecule has 0 aliphatic heterocycles. The molecular formula is C11H21N. The minimum atomic E-state index is 1.08. The maximum absolute atomic E-state index is 3.71. The van der Waals surface area contributed by atoms with Gasteiger partial charge in [0.15, 0.2) is 0 Å². The van der Waals surface area contributed by atoms with Crippen molar-refractivity contribution in [3.63, 3.8) is 0 Å². The van der Waals surface area contributed by atoms with Gasteiger partial charge in [0.1, 0.15) is 0 Å². The van der Waals surface area contributed by atoms with Gasteiger partial charge in [-0.3, -0.25) is 0 Å². The molecule has 0 radical (unpaired) electrons. The number of allylic oxidation sites excluding steroid dienone is 3. The first-order chi connectivity index (χ1) is 5.76. The number of rotatable bonds is 6. The van der Waals surface area contributed by atoms with Crippen LogP contribution in [0.1, 0.15) is 33.1 Å². The third-order valence-corrected chi connectivity index (χ3v) is 2.08. The van der Waals surface area contributed by atoms with E-state index in [0.29, 0.717) is 0 Å². The van der Waals surface area contributed by atoms with E-state index in [1.807, 2.05) is 6.08 Å². The number of hydrogen-bond donors (Lipinski definition) is 0. The van der Waals surface area contributed by atoms with Gasteiger partial charge in [-0.05, 0) is 26.2 Å². The van der Waals surface area contributed by atoms with Gasteiger partial charge < -0.3 is 4.90 Å². The zero-order valence-corrected chi connectivity index (χ0v) is 8.64. The van der Waals surface area contributed by atoms with Crippen LogP contribution < -0.4 is 0 Å². The molecular weight excluding hydrogens is 146 g/mol. The Morgan fingerprint density at radius 2 is 2.00 bits per heavy atom. The van der Waals surface area contributed by atoms with Crippen molar-refractivity contribution in [3.8, 4) is 0 Å². The molecule has 0 heterocycles. The van der Waals surface area contributed by atoms with E-state index in [1.54, 1.807) is 0 Å². The smallest absolute Gasteiger partial charge is 0.0143 e. The number of unbranched alkanes of at least 4 members (excludes halogenated alkanes) is 1. The molecule has 0 aromatic rings. The number of hydrogen-bond acceptors (Lipinski definition) is 1. The highest BCUT2D eigenvalue weighted by Crippen LogP contribution is 2.07. The lowest BCUT2D eigenvalue weighted by molar-refractivity contribution is 0.426.